The van der Waals surface area contributed by atoms with Gasteiger partial charge in [0.2, 0.25) is 0 Å². The van der Waals surface area contributed by atoms with Crippen molar-refractivity contribution in [2.45, 2.75) is 51.4 Å². The van der Waals surface area contributed by atoms with E-state index in [-0.39, 0.29) is 11.9 Å². The van der Waals surface area contributed by atoms with Crippen molar-refractivity contribution in [2.24, 2.45) is 0 Å². The van der Waals surface area contributed by atoms with Crippen LogP contribution in [0, 0.1) is 0 Å². The number of esters is 2. The molecule has 0 saturated carbocycles. The van der Waals surface area contributed by atoms with Gasteiger partial charge in [-0.25, -0.2) is 0 Å². The van der Waals surface area contributed by atoms with E-state index in [0.29, 0.717) is 52.1 Å². The molecule has 0 heterocycles. The maximum Gasteiger partial charge on any atom is 0.305 e. The summed E-state index contributed by atoms with van der Waals surface area (Å²) in [5.74, 6) is -0.350. The molecular weight excluding hydrogens is 288 g/mol. The van der Waals surface area contributed by atoms with Gasteiger partial charge in [-0.15, -0.1) is 0 Å². The molecule has 0 aliphatic heterocycles. The van der Waals surface area contributed by atoms with Gasteiger partial charge in [-0.2, -0.15) is 0 Å². The molecule has 0 amide bonds. The fourth-order valence-corrected chi connectivity index (χ4v) is 1.75. The lowest BCUT2D eigenvalue weighted by Crippen LogP contribution is -2.09. The van der Waals surface area contributed by atoms with Crippen LogP contribution in [0.25, 0.3) is 0 Å². The van der Waals surface area contributed by atoms with Gasteiger partial charge < -0.3 is 18.9 Å². The van der Waals surface area contributed by atoms with Crippen LogP contribution >= 0.6 is 0 Å². The number of ether oxygens (including phenoxy) is 4. The van der Waals surface area contributed by atoms with Gasteiger partial charge in [0.05, 0.1) is 13.2 Å². The van der Waals surface area contributed by atoms with Crippen molar-refractivity contribution in [3.8, 4) is 0 Å². The largest absolute Gasteiger partial charge is 0.466 e. The van der Waals surface area contributed by atoms with Crippen molar-refractivity contribution in [3.63, 3.8) is 0 Å². The predicted octanol–water partition coefficient (Wildman–Crippen LogP) is 2.49. The summed E-state index contributed by atoms with van der Waals surface area (Å²) in [7, 11) is 3.29. The van der Waals surface area contributed by atoms with Crippen LogP contribution < -0.4 is 0 Å². The van der Waals surface area contributed by atoms with Gasteiger partial charge in [0, 0.05) is 40.3 Å². The summed E-state index contributed by atoms with van der Waals surface area (Å²) in [5, 5.41) is 0. The van der Waals surface area contributed by atoms with Gasteiger partial charge >= 0.3 is 11.9 Å². The summed E-state index contributed by atoms with van der Waals surface area (Å²) >= 11 is 0. The standard InChI is InChI=1S/C16H30O6/c1-19-11-5-3-9-15(17)21-13-7-8-14-22-16(18)10-4-6-12-20-2/h3-14H2,1-2H3. The highest BCUT2D eigenvalue weighted by Gasteiger charge is 2.04. The monoisotopic (exact) mass is 318 g/mol. The van der Waals surface area contributed by atoms with E-state index in [1.807, 2.05) is 0 Å². The minimum Gasteiger partial charge on any atom is -0.466 e. The van der Waals surface area contributed by atoms with Crippen LogP contribution in [0.5, 0.6) is 0 Å². The van der Waals surface area contributed by atoms with Crippen LogP contribution in [-0.4, -0.2) is 52.6 Å². The Hall–Kier alpha value is -1.14. The Balaban J connectivity index is 3.28. The summed E-state index contributed by atoms with van der Waals surface area (Å²) in [6.07, 6.45) is 5.58. The molecule has 22 heavy (non-hydrogen) atoms. The van der Waals surface area contributed by atoms with Crippen LogP contribution in [0.4, 0.5) is 0 Å². The molecule has 0 fully saturated rings. The van der Waals surface area contributed by atoms with Gasteiger partial charge in [0.1, 0.15) is 0 Å². The highest BCUT2D eigenvalue weighted by atomic mass is 16.5. The van der Waals surface area contributed by atoms with Crippen LogP contribution in [0.3, 0.4) is 0 Å². The number of hydrogen-bond acceptors (Lipinski definition) is 6. The van der Waals surface area contributed by atoms with E-state index in [4.69, 9.17) is 18.9 Å². The van der Waals surface area contributed by atoms with Gasteiger partial charge in [-0.3, -0.25) is 9.59 Å². The lowest BCUT2D eigenvalue weighted by atomic mass is 10.2. The number of rotatable bonds is 15. The second-order valence-corrected chi connectivity index (χ2v) is 5.05. The Bertz CT molecular complexity index is 252. The molecule has 130 valence electrons. The van der Waals surface area contributed by atoms with Gasteiger partial charge in [-0.1, -0.05) is 0 Å². The van der Waals surface area contributed by atoms with Crippen LogP contribution in [0.2, 0.25) is 0 Å². The number of hydrogen-bond donors (Lipinski definition) is 0. The zero-order valence-corrected chi connectivity index (χ0v) is 13.9. The predicted molar refractivity (Wildman–Crippen MR) is 82.6 cm³/mol. The molecule has 0 atom stereocenters. The van der Waals surface area contributed by atoms with E-state index in [9.17, 15) is 9.59 Å². The van der Waals surface area contributed by atoms with Gasteiger partial charge in [-0.05, 0) is 38.5 Å². The molecule has 0 aromatic heterocycles. The molecule has 0 aliphatic rings. The number of unbranched alkanes of at least 4 members (excludes halogenated alkanes) is 3. The second kappa shape index (κ2) is 16.2. The summed E-state index contributed by atoms with van der Waals surface area (Å²) < 4.78 is 20.0. The normalized spacial score (nSPS) is 10.5. The van der Waals surface area contributed by atoms with Crippen LogP contribution in [0.1, 0.15) is 51.4 Å². The molecule has 6 heteroatoms. The topological polar surface area (TPSA) is 71.1 Å². The first kappa shape index (κ1) is 20.9. The molecule has 0 aromatic rings. The fourth-order valence-electron chi connectivity index (χ4n) is 1.75. The van der Waals surface area contributed by atoms with Crippen molar-refractivity contribution in [1.82, 2.24) is 0 Å². The minimum atomic E-state index is -0.175. The molecule has 0 radical (unpaired) electrons. The fraction of sp³-hybridized carbons (Fsp3) is 0.875. The quantitative estimate of drug-likeness (QED) is 0.341. The van der Waals surface area contributed by atoms with Crippen molar-refractivity contribution in [2.75, 3.05) is 40.6 Å². The first-order valence-corrected chi connectivity index (χ1v) is 7.99. The Kier molecular flexibility index (Phi) is 15.4. The third-order valence-corrected chi connectivity index (χ3v) is 3.02. The highest BCUT2D eigenvalue weighted by molar-refractivity contribution is 5.69. The molecule has 0 N–H and O–H groups in total. The van der Waals surface area contributed by atoms with E-state index >= 15 is 0 Å². The van der Waals surface area contributed by atoms with Crippen molar-refractivity contribution >= 4 is 11.9 Å². The minimum absolute atomic E-state index is 0.175. The summed E-state index contributed by atoms with van der Waals surface area (Å²) in [6.45, 7) is 2.11. The molecule has 0 aromatic carbocycles. The average Bonchev–Trinajstić information content (AvgIpc) is 2.51. The third kappa shape index (κ3) is 15.3. The van der Waals surface area contributed by atoms with Gasteiger partial charge in [0.15, 0.2) is 0 Å². The molecule has 0 spiro atoms. The molecule has 0 bridgehead atoms. The summed E-state index contributed by atoms with van der Waals surface area (Å²) in [4.78, 5) is 22.7. The zero-order valence-electron chi connectivity index (χ0n) is 13.9. The maximum absolute atomic E-state index is 11.4. The SMILES string of the molecule is COCCCCC(=O)OCCCCOC(=O)CCCCOC. The number of carbonyl (C=O) groups excluding carboxylic acids is 2. The van der Waals surface area contributed by atoms with Crippen molar-refractivity contribution in [1.29, 1.82) is 0 Å². The van der Waals surface area contributed by atoms with E-state index in [2.05, 4.69) is 0 Å². The zero-order chi connectivity index (χ0) is 16.5. The molecular formula is C16H30O6. The summed E-state index contributed by atoms with van der Waals surface area (Å²) in [6, 6.07) is 0. The first-order chi connectivity index (χ1) is 10.7. The number of carbonyl (C=O) groups is 2. The van der Waals surface area contributed by atoms with E-state index in [0.717, 1.165) is 25.7 Å². The third-order valence-electron chi connectivity index (χ3n) is 3.02. The van der Waals surface area contributed by atoms with Crippen LogP contribution in [-0.2, 0) is 28.5 Å². The molecule has 0 rings (SSSR count). The summed E-state index contributed by atoms with van der Waals surface area (Å²) in [5.41, 5.74) is 0. The lowest BCUT2D eigenvalue weighted by Gasteiger charge is -2.06. The average molecular weight is 318 g/mol. The number of methoxy groups -OCH3 is 2. The molecule has 0 aliphatic carbocycles. The smallest absolute Gasteiger partial charge is 0.305 e. The Labute approximate surface area is 133 Å². The van der Waals surface area contributed by atoms with Crippen molar-refractivity contribution < 1.29 is 28.5 Å². The Morgan fingerprint density at radius 1 is 0.591 bits per heavy atom. The molecule has 6 nitrogen and oxygen atoms in total. The maximum atomic E-state index is 11.4. The van der Waals surface area contributed by atoms with E-state index < -0.39 is 0 Å². The van der Waals surface area contributed by atoms with Gasteiger partial charge in [0.25, 0.3) is 0 Å². The molecule has 0 unspecified atom stereocenters. The molecule has 0 saturated heterocycles. The first-order valence-electron chi connectivity index (χ1n) is 7.99. The lowest BCUT2D eigenvalue weighted by molar-refractivity contribution is -0.146. The highest BCUT2D eigenvalue weighted by Crippen LogP contribution is 2.01. The van der Waals surface area contributed by atoms with E-state index in [1.54, 1.807) is 14.2 Å². The second-order valence-electron chi connectivity index (χ2n) is 5.05. The van der Waals surface area contributed by atoms with Crippen LogP contribution in [0.15, 0.2) is 0 Å². The van der Waals surface area contributed by atoms with E-state index in [1.165, 1.54) is 0 Å². The Morgan fingerprint density at radius 2 is 0.955 bits per heavy atom. The Morgan fingerprint density at radius 3 is 1.32 bits per heavy atom. The van der Waals surface area contributed by atoms with Crippen molar-refractivity contribution in [3.05, 3.63) is 0 Å².